The highest BCUT2D eigenvalue weighted by Crippen LogP contribution is 2.24. The number of benzene rings is 2. The number of hydrogen-bond acceptors (Lipinski definition) is 5. The second-order valence-electron chi connectivity index (χ2n) is 7.14. The highest BCUT2D eigenvalue weighted by Gasteiger charge is 2.23. The van der Waals surface area contributed by atoms with E-state index in [0.29, 0.717) is 17.8 Å². The Morgan fingerprint density at radius 1 is 1.00 bits per heavy atom. The fraction of sp³-hybridized carbons (Fsp3) is 0.263. The van der Waals surface area contributed by atoms with Crippen molar-refractivity contribution in [3.63, 3.8) is 0 Å². The summed E-state index contributed by atoms with van der Waals surface area (Å²) >= 11 is 0. The van der Waals surface area contributed by atoms with Crippen LogP contribution in [-0.4, -0.2) is 27.4 Å². The van der Waals surface area contributed by atoms with Gasteiger partial charge < -0.3 is 10.1 Å². The molecule has 156 valence electrons. The van der Waals surface area contributed by atoms with Crippen molar-refractivity contribution in [3.8, 4) is 0 Å². The molecular weight excluding hydrogens is 406 g/mol. The summed E-state index contributed by atoms with van der Waals surface area (Å²) in [5.41, 5.74) is -1.58. The fourth-order valence-electron chi connectivity index (χ4n) is 2.13. The van der Waals surface area contributed by atoms with Crippen molar-refractivity contribution < 1.29 is 31.5 Å². The number of halogens is 2. The maximum atomic E-state index is 14.1. The van der Waals surface area contributed by atoms with E-state index < -0.39 is 44.3 Å². The molecule has 0 aliphatic carbocycles. The van der Waals surface area contributed by atoms with E-state index in [9.17, 15) is 26.8 Å². The third kappa shape index (κ3) is 5.29. The molecule has 0 bridgehead atoms. The Bertz CT molecular complexity index is 1050. The molecule has 0 saturated heterocycles. The molecule has 0 saturated carbocycles. The van der Waals surface area contributed by atoms with Gasteiger partial charge in [-0.3, -0.25) is 9.52 Å². The minimum absolute atomic E-state index is 0.233. The average molecular weight is 426 g/mol. The van der Waals surface area contributed by atoms with Gasteiger partial charge in [0.05, 0.1) is 23.3 Å². The van der Waals surface area contributed by atoms with Gasteiger partial charge in [0, 0.05) is 17.2 Å². The molecule has 0 heterocycles. The van der Waals surface area contributed by atoms with Gasteiger partial charge in [0.25, 0.3) is 10.0 Å². The molecule has 1 amide bonds. The second-order valence-corrected chi connectivity index (χ2v) is 8.82. The Kier molecular flexibility index (Phi) is 6.27. The van der Waals surface area contributed by atoms with Crippen molar-refractivity contribution in [2.45, 2.75) is 25.7 Å². The molecule has 0 aliphatic rings. The Morgan fingerprint density at radius 2 is 1.59 bits per heavy atom. The first-order valence-electron chi connectivity index (χ1n) is 8.37. The summed E-state index contributed by atoms with van der Waals surface area (Å²) in [5, 5.41) is 2.64. The Hall–Kier alpha value is -3.01. The van der Waals surface area contributed by atoms with Crippen molar-refractivity contribution in [2.24, 2.45) is 5.41 Å². The number of sulfonamides is 1. The van der Waals surface area contributed by atoms with Gasteiger partial charge in [0.1, 0.15) is 11.6 Å². The maximum Gasteiger partial charge on any atom is 0.340 e. The summed E-state index contributed by atoms with van der Waals surface area (Å²) in [6.07, 6.45) is 0. The van der Waals surface area contributed by atoms with Crippen LogP contribution in [0.1, 0.15) is 31.1 Å². The summed E-state index contributed by atoms with van der Waals surface area (Å²) in [4.78, 5) is 23.1. The standard InChI is InChI=1S/C19H20F2N2O5S/c1-19(2,3)18(25)22-11-5-7-12(8-6-11)29(26,27)23-16-10-14(20)13(9-15(16)21)17(24)28-4/h5-10,23H,1-4H3,(H,22,25). The number of amides is 1. The third-order valence-electron chi connectivity index (χ3n) is 3.81. The van der Waals surface area contributed by atoms with Gasteiger partial charge in [-0.15, -0.1) is 0 Å². The fourth-order valence-corrected chi connectivity index (χ4v) is 3.19. The van der Waals surface area contributed by atoms with Gasteiger partial charge in [-0.2, -0.15) is 0 Å². The number of esters is 1. The molecule has 2 aromatic carbocycles. The number of nitrogens with one attached hydrogen (secondary N) is 2. The molecule has 0 unspecified atom stereocenters. The van der Waals surface area contributed by atoms with E-state index in [4.69, 9.17) is 0 Å². The van der Waals surface area contributed by atoms with Crippen LogP contribution < -0.4 is 10.0 Å². The van der Waals surface area contributed by atoms with Crippen LogP contribution in [0.15, 0.2) is 41.3 Å². The highest BCUT2D eigenvalue weighted by molar-refractivity contribution is 7.92. The predicted molar refractivity (Wildman–Crippen MR) is 103 cm³/mol. The molecule has 0 aliphatic heterocycles. The van der Waals surface area contributed by atoms with Crippen molar-refractivity contribution in [2.75, 3.05) is 17.1 Å². The largest absolute Gasteiger partial charge is 0.465 e. The predicted octanol–water partition coefficient (Wildman–Crippen LogP) is 3.54. The van der Waals surface area contributed by atoms with Crippen LogP contribution in [0.2, 0.25) is 0 Å². The van der Waals surface area contributed by atoms with Crippen molar-refractivity contribution >= 4 is 33.3 Å². The summed E-state index contributed by atoms with van der Waals surface area (Å²) in [6, 6.07) is 6.25. The summed E-state index contributed by atoms with van der Waals surface area (Å²) in [6.45, 7) is 5.18. The van der Waals surface area contributed by atoms with E-state index in [1.807, 2.05) is 4.72 Å². The molecule has 7 nitrogen and oxygen atoms in total. The van der Waals surface area contributed by atoms with Crippen LogP contribution >= 0.6 is 0 Å². The summed E-state index contributed by atoms with van der Waals surface area (Å²) < 4.78 is 59.3. The lowest BCUT2D eigenvalue weighted by Gasteiger charge is -2.17. The van der Waals surface area contributed by atoms with E-state index >= 15 is 0 Å². The average Bonchev–Trinajstić information content (AvgIpc) is 2.63. The maximum absolute atomic E-state index is 14.1. The van der Waals surface area contributed by atoms with E-state index in [2.05, 4.69) is 10.1 Å². The van der Waals surface area contributed by atoms with Crippen LogP contribution in [0.4, 0.5) is 20.2 Å². The van der Waals surface area contributed by atoms with Gasteiger partial charge in [0.15, 0.2) is 0 Å². The number of anilines is 2. The first kappa shape index (κ1) is 22.3. The molecule has 10 heteroatoms. The van der Waals surface area contributed by atoms with Crippen LogP contribution in [-0.2, 0) is 19.6 Å². The molecule has 0 radical (unpaired) electrons. The smallest absolute Gasteiger partial charge is 0.340 e. The monoisotopic (exact) mass is 426 g/mol. The van der Waals surface area contributed by atoms with Crippen molar-refractivity contribution in [1.82, 2.24) is 0 Å². The summed E-state index contributed by atoms with van der Waals surface area (Å²) in [5.74, 6) is -3.64. The molecule has 0 aromatic heterocycles. The first-order valence-corrected chi connectivity index (χ1v) is 9.85. The molecule has 2 N–H and O–H groups in total. The Labute approximate surface area is 167 Å². The van der Waals surface area contributed by atoms with E-state index in [1.165, 1.54) is 24.3 Å². The highest BCUT2D eigenvalue weighted by atomic mass is 32.2. The quantitative estimate of drug-likeness (QED) is 0.712. The molecule has 2 rings (SSSR count). The SMILES string of the molecule is COC(=O)c1cc(F)c(NS(=O)(=O)c2ccc(NC(=O)C(C)(C)C)cc2)cc1F. The number of methoxy groups -OCH3 is 1. The van der Waals surface area contributed by atoms with Gasteiger partial charge in [-0.05, 0) is 30.3 Å². The number of carbonyl (C=O) groups excluding carboxylic acids is 2. The van der Waals surface area contributed by atoms with Gasteiger partial charge in [-0.25, -0.2) is 22.0 Å². The Morgan fingerprint density at radius 3 is 2.10 bits per heavy atom. The zero-order valence-corrected chi connectivity index (χ0v) is 17.0. The lowest BCUT2D eigenvalue weighted by molar-refractivity contribution is -0.123. The van der Waals surface area contributed by atoms with Crippen LogP contribution in [0, 0.1) is 17.0 Å². The molecule has 2 aromatic rings. The van der Waals surface area contributed by atoms with Gasteiger partial charge in [-0.1, -0.05) is 20.8 Å². The zero-order chi connectivity index (χ0) is 22.0. The number of hydrogen-bond donors (Lipinski definition) is 2. The molecular formula is C19H20F2N2O5S. The molecule has 0 atom stereocenters. The molecule has 29 heavy (non-hydrogen) atoms. The summed E-state index contributed by atoms with van der Waals surface area (Å²) in [7, 11) is -3.25. The Balaban J connectivity index is 2.25. The second kappa shape index (κ2) is 8.16. The van der Waals surface area contributed by atoms with Crippen molar-refractivity contribution in [3.05, 3.63) is 53.6 Å². The van der Waals surface area contributed by atoms with Crippen molar-refractivity contribution in [1.29, 1.82) is 0 Å². The van der Waals surface area contributed by atoms with E-state index in [1.54, 1.807) is 20.8 Å². The number of rotatable bonds is 5. The third-order valence-corrected chi connectivity index (χ3v) is 5.19. The first-order chi connectivity index (χ1) is 13.3. The van der Waals surface area contributed by atoms with Crippen LogP contribution in [0.3, 0.4) is 0 Å². The normalized spacial score (nSPS) is 11.7. The lowest BCUT2D eigenvalue weighted by atomic mass is 9.95. The molecule has 0 fully saturated rings. The van der Waals surface area contributed by atoms with E-state index in [-0.39, 0.29) is 10.8 Å². The topological polar surface area (TPSA) is 102 Å². The van der Waals surface area contributed by atoms with Gasteiger partial charge >= 0.3 is 5.97 Å². The minimum Gasteiger partial charge on any atom is -0.465 e. The number of carbonyl (C=O) groups is 2. The van der Waals surface area contributed by atoms with Crippen LogP contribution in [0.5, 0.6) is 0 Å². The zero-order valence-electron chi connectivity index (χ0n) is 16.2. The minimum atomic E-state index is -4.25. The number of ether oxygens (including phenoxy) is 1. The lowest BCUT2D eigenvalue weighted by Crippen LogP contribution is -2.27. The van der Waals surface area contributed by atoms with Crippen LogP contribution in [0.25, 0.3) is 0 Å². The molecule has 0 spiro atoms. The van der Waals surface area contributed by atoms with Gasteiger partial charge in [0.2, 0.25) is 5.91 Å². The van der Waals surface area contributed by atoms with E-state index in [0.717, 1.165) is 7.11 Å².